The first-order valence-corrected chi connectivity index (χ1v) is 10.0. The van der Waals surface area contributed by atoms with E-state index in [-0.39, 0.29) is 11.8 Å². The Kier molecular flexibility index (Phi) is 5.97. The maximum Gasteiger partial charge on any atom is 0.226 e. The molecule has 1 fully saturated rings. The van der Waals surface area contributed by atoms with Crippen molar-refractivity contribution in [2.75, 3.05) is 20.8 Å². The largest absolute Gasteiger partial charge is 0.497 e. The number of para-hydroxylation sites is 1. The highest BCUT2D eigenvalue weighted by Crippen LogP contribution is 2.29. The fourth-order valence-corrected chi connectivity index (χ4v) is 3.72. The molecule has 4 rings (SSSR count). The van der Waals surface area contributed by atoms with Gasteiger partial charge in [-0.1, -0.05) is 35.5 Å². The number of amides is 1. The van der Waals surface area contributed by atoms with Crippen molar-refractivity contribution in [1.29, 1.82) is 0 Å². The second-order valence-corrected chi connectivity index (χ2v) is 7.38. The Morgan fingerprint density at radius 3 is 2.63 bits per heavy atom. The average Bonchev–Trinajstić information content (AvgIpc) is 3.40. The fourth-order valence-electron chi connectivity index (χ4n) is 3.72. The van der Waals surface area contributed by atoms with Crippen LogP contribution in [0.3, 0.4) is 0 Å². The first-order valence-electron chi connectivity index (χ1n) is 10.0. The van der Waals surface area contributed by atoms with Crippen LogP contribution in [0.25, 0.3) is 0 Å². The maximum atomic E-state index is 12.5. The van der Waals surface area contributed by atoms with Crippen molar-refractivity contribution in [2.45, 2.75) is 31.7 Å². The third-order valence-electron chi connectivity index (χ3n) is 5.40. The Morgan fingerprint density at radius 1 is 1.07 bits per heavy atom. The second kappa shape index (κ2) is 8.98. The molecule has 1 amide bonds. The zero-order valence-electron chi connectivity index (χ0n) is 17.2. The molecule has 1 aliphatic heterocycles. The Balaban J connectivity index is 1.36. The van der Waals surface area contributed by atoms with Gasteiger partial charge >= 0.3 is 0 Å². The number of nitrogens with zero attached hydrogens (tertiary/aromatic N) is 3. The lowest BCUT2D eigenvalue weighted by Crippen LogP contribution is -2.24. The molecule has 1 aromatic heterocycles. The summed E-state index contributed by atoms with van der Waals surface area (Å²) < 4.78 is 16.0. The van der Waals surface area contributed by atoms with Gasteiger partial charge in [-0.05, 0) is 30.2 Å². The summed E-state index contributed by atoms with van der Waals surface area (Å²) in [6.07, 6.45) is 1.85. The van der Waals surface area contributed by atoms with Crippen molar-refractivity contribution in [1.82, 2.24) is 15.0 Å². The normalized spacial score (nSPS) is 16.1. The lowest BCUT2D eigenvalue weighted by atomic mass is 10.1. The SMILES string of the molecule is COc1ccc(CCc2nc([C@@H]3CC(=O)N(Cc4ccccc4OC)C3)no2)cc1. The molecule has 0 unspecified atom stereocenters. The van der Waals surface area contributed by atoms with E-state index in [0.717, 1.165) is 23.5 Å². The number of hydrogen-bond acceptors (Lipinski definition) is 6. The van der Waals surface area contributed by atoms with E-state index in [1.165, 1.54) is 5.56 Å². The minimum Gasteiger partial charge on any atom is -0.497 e. The highest BCUT2D eigenvalue weighted by atomic mass is 16.5. The summed E-state index contributed by atoms with van der Waals surface area (Å²) >= 11 is 0. The fraction of sp³-hybridized carbons (Fsp3) is 0.348. The third kappa shape index (κ3) is 4.45. The lowest BCUT2D eigenvalue weighted by molar-refractivity contribution is -0.128. The summed E-state index contributed by atoms with van der Waals surface area (Å²) in [5.74, 6) is 2.87. The number of methoxy groups -OCH3 is 2. The molecule has 7 heteroatoms. The molecule has 2 aromatic carbocycles. The highest BCUT2D eigenvalue weighted by Gasteiger charge is 2.34. The van der Waals surface area contributed by atoms with Gasteiger partial charge in [0.2, 0.25) is 11.8 Å². The standard InChI is InChI=1S/C23H25N3O4/c1-28-19-10-7-16(8-11-19)9-12-21-24-23(25-30-21)18-13-22(27)26(15-18)14-17-5-3-4-6-20(17)29-2/h3-8,10-11,18H,9,12-15H2,1-2H3/t18-/m1/s1. The molecular weight excluding hydrogens is 382 g/mol. The minimum atomic E-state index is -0.0503. The molecule has 0 spiro atoms. The molecule has 30 heavy (non-hydrogen) atoms. The minimum absolute atomic E-state index is 0.0503. The predicted octanol–water partition coefficient (Wildman–Crippen LogP) is 3.39. The van der Waals surface area contributed by atoms with Gasteiger partial charge in [-0.2, -0.15) is 4.98 Å². The van der Waals surface area contributed by atoms with Crippen LogP contribution in [0.5, 0.6) is 11.5 Å². The van der Waals surface area contributed by atoms with Crippen molar-refractivity contribution < 1.29 is 18.8 Å². The van der Waals surface area contributed by atoms with E-state index in [1.54, 1.807) is 14.2 Å². The number of rotatable bonds is 8. The number of carbonyl (C=O) groups is 1. The van der Waals surface area contributed by atoms with Gasteiger partial charge in [0.05, 0.1) is 14.2 Å². The summed E-state index contributed by atoms with van der Waals surface area (Å²) in [5, 5.41) is 4.14. The quantitative estimate of drug-likeness (QED) is 0.570. The molecule has 7 nitrogen and oxygen atoms in total. The second-order valence-electron chi connectivity index (χ2n) is 7.38. The first-order chi connectivity index (χ1) is 14.7. The van der Waals surface area contributed by atoms with Crippen molar-refractivity contribution in [3.05, 3.63) is 71.4 Å². The Hall–Kier alpha value is -3.35. The summed E-state index contributed by atoms with van der Waals surface area (Å²) in [6, 6.07) is 15.7. The number of ether oxygens (including phenoxy) is 2. The van der Waals surface area contributed by atoms with E-state index in [9.17, 15) is 4.79 Å². The van der Waals surface area contributed by atoms with Crippen LogP contribution in [0, 0.1) is 0 Å². The van der Waals surface area contributed by atoms with Gasteiger partial charge in [-0.25, -0.2) is 0 Å². The molecule has 0 aliphatic carbocycles. The van der Waals surface area contributed by atoms with Gasteiger partial charge in [0.15, 0.2) is 5.82 Å². The molecule has 1 atom stereocenters. The summed E-state index contributed by atoms with van der Waals surface area (Å²) in [5.41, 5.74) is 2.16. The molecule has 0 radical (unpaired) electrons. The van der Waals surface area contributed by atoms with E-state index in [2.05, 4.69) is 10.1 Å². The molecule has 2 heterocycles. The van der Waals surface area contributed by atoms with Crippen molar-refractivity contribution >= 4 is 5.91 Å². The third-order valence-corrected chi connectivity index (χ3v) is 5.40. The van der Waals surface area contributed by atoms with Gasteiger partial charge in [0, 0.05) is 37.4 Å². The van der Waals surface area contributed by atoms with Crippen molar-refractivity contribution in [2.24, 2.45) is 0 Å². The van der Waals surface area contributed by atoms with Crippen LogP contribution in [-0.4, -0.2) is 41.7 Å². The zero-order valence-corrected chi connectivity index (χ0v) is 17.2. The van der Waals surface area contributed by atoms with Crippen molar-refractivity contribution in [3.8, 4) is 11.5 Å². The Bertz CT molecular complexity index is 1000. The molecule has 0 bridgehead atoms. The summed E-state index contributed by atoms with van der Waals surface area (Å²) in [6.45, 7) is 1.09. The topological polar surface area (TPSA) is 77.7 Å². The van der Waals surface area contributed by atoms with E-state index in [0.29, 0.717) is 37.6 Å². The van der Waals surface area contributed by atoms with Gasteiger partial charge in [0.25, 0.3) is 0 Å². The van der Waals surface area contributed by atoms with Crippen LogP contribution in [0.15, 0.2) is 53.1 Å². The predicted molar refractivity (Wildman–Crippen MR) is 110 cm³/mol. The van der Waals surface area contributed by atoms with Gasteiger partial charge in [0.1, 0.15) is 11.5 Å². The monoisotopic (exact) mass is 407 g/mol. The van der Waals surface area contributed by atoms with Crippen LogP contribution < -0.4 is 9.47 Å². The number of likely N-dealkylation sites (tertiary alicyclic amines) is 1. The molecule has 3 aromatic rings. The Morgan fingerprint density at radius 2 is 1.87 bits per heavy atom. The molecular formula is C23H25N3O4. The lowest BCUT2D eigenvalue weighted by Gasteiger charge is -2.17. The Labute approximate surface area is 175 Å². The van der Waals surface area contributed by atoms with Gasteiger partial charge in [-0.3, -0.25) is 4.79 Å². The number of aryl methyl sites for hydroxylation is 2. The number of aromatic nitrogens is 2. The van der Waals surface area contributed by atoms with Crippen LogP contribution in [-0.2, 0) is 24.2 Å². The van der Waals surface area contributed by atoms with Crippen molar-refractivity contribution in [3.63, 3.8) is 0 Å². The molecule has 156 valence electrons. The van der Waals surface area contributed by atoms with Crippen LogP contribution in [0.2, 0.25) is 0 Å². The van der Waals surface area contributed by atoms with Gasteiger partial charge in [-0.15, -0.1) is 0 Å². The van der Waals surface area contributed by atoms with E-state index < -0.39 is 0 Å². The van der Waals surface area contributed by atoms with Crippen LogP contribution >= 0.6 is 0 Å². The first kappa shape index (κ1) is 19.9. The van der Waals surface area contributed by atoms with Crippen LogP contribution in [0.1, 0.15) is 35.2 Å². The maximum absolute atomic E-state index is 12.5. The molecule has 1 saturated heterocycles. The zero-order chi connectivity index (χ0) is 20.9. The van der Waals surface area contributed by atoms with Crippen LogP contribution in [0.4, 0.5) is 0 Å². The smallest absolute Gasteiger partial charge is 0.226 e. The molecule has 1 aliphatic rings. The van der Waals surface area contributed by atoms with E-state index in [1.807, 2.05) is 53.4 Å². The highest BCUT2D eigenvalue weighted by molar-refractivity contribution is 5.79. The summed E-state index contributed by atoms with van der Waals surface area (Å²) in [4.78, 5) is 18.9. The number of benzene rings is 2. The summed E-state index contributed by atoms with van der Waals surface area (Å²) in [7, 11) is 3.29. The number of carbonyl (C=O) groups excluding carboxylic acids is 1. The van der Waals surface area contributed by atoms with Gasteiger partial charge < -0.3 is 18.9 Å². The molecule has 0 saturated carbocycles. The number of hydrogen-bond donors (Lipinski definition) is 0. The van der Waals surface area contributed by atoms with E-state index in [4.69, 9.17) is 14.0 Å². The molecule has 0 N–H and O–H groups in total. The van der Waals surface area contributed by atoms with E-state index >= 15 is 0 Å². The average molecular weight is 407 g/mol.